The summed E-state index contributed by atoms with van der Waals surface area (Å²) in [7, 11) is 0. The number of rotatable bonds is 5. The molecule has 0 spiro atoms. The van der Waals surface area contributed by atoms with Gasteiger partial charge >= 0.3 is 0 Å². The van der Waals surface area contributed by atoms with Gasteiger partial charge in [0.2, 0.25) is 0 Å². The van der Waals surface area contributed by atoms with Crippen molar-refractivity contribution in [1.82, 2.24) is 5.32 Å². The maximum atomic E-state index is 3.65. The molecule has 0 amide bonds. The summed E-state index contributed by atoms with van der Waals surface area (Å²) in [4.78, 5) is 0. The van der Waals surface area contributed by atoms with Crippen LogP contribution in [0.2, 0.25) is 0 Å². The monoisotopic (exact) mass is 265 g/mol. The predicted octanol–water partition coefficient (Wildman–Crippen LogP) is 4.64. The smallest absolute Gasteiger partial charge is 0.0581 e. The Kier molecular flexibility index (Phi) is 5.14. The molecule has 1 heteroatoms. The van der Waals surface area contributed by atoms with Crippen molar-refractivity contribution in [2.24, 2.45) is 0 Å². The Morgan fingerprint density at radius 3 is 2.30 bits per heavy atom. The number of hydrogen-bond acceptors (Lipinski definition) is 1. The van der Waals surface area contributed by atoms with E-state index in [4.69, 9.17) is 0 Å². The van der Waals surface area contributed by atoms with E-state index in [1.54, 1.807) is 0 Å². The molecule has 0 aliphatic rings. The van der Waals surface area contributed by atoms with E-state index in [1.165, 1.54) is 22.3 Å². The van der Waals surface area contributed by atoms with Crippen molar-refractivity contribution >= 4 is 0 Å². The largest absolute Gasteiger partial charge is 0.303 e. The lowest BCUT2D eigenvalue weighted by atomic mass is 9.95. The molecule has 2 aromatic carbocycles. The van der Waals surface area contributed by atoms with Crippen LogP contribution in [-0.4, -0.2) is 6.54 Å². The summed E-state index contributed by atoms with van der Waals surface area (Å²) < 4.78 is 0. The Labute approximate surface area is 122 Å². The van der Waals surface area contributed by atoms with Gasteiger partial charge in [0.15, 0.2) is 0 Å². The number of allylic oxidation sites excluding steroid dienone is 1. The van der Waals surface area contributed by atoms with E-state index in [0.717, 1.165) is 6.54 Å². The predicted molar refractivity (Wildman–Crippen MR) is 86.9 cm³/mol. The van der Waals surface area contributed by atoms with Crippen molar-refractivity contribution < 1.29 is 0 Å². The van der Waals surface area contributed by atoms with Crippen LogP contribution in [0.3, 0.4) is 0 Å². The Bertz CT molecular complexity index is 565. The molecule has 2 aromatic rings. The zero-order valence-corrected chi connectivity index (χ0v) is 12.6. The third kappa shape index (κ3) is 3.82. The van der Waals surface area contributed by atoms with Gasteiger partial charge in [0, 0.05) is 6.54 Å². The molecule has 1 unspecified atom stereocenters. The van der Waals surface area contributed by atoms with E-state index < -0.39 is 0 Å². The Morgan fingerprint density at radius 2 is 1.65 bits per heavy atom. The summed E-state index contributed by atoms with van der Waals surface area (Å²) >= 11 is 0. The lowest BCUT2D eigenvalue weighted by Gasteiger charge is -2.21. The van der Waals surface area contributed by atoms with Gasteiger partial charge in [-0.3, -0.25) is 0 Å². The third-order valence-electron chi connectivity index (χ3n) is 3.46. The Morgan fingerprint density at radius 1 is 1.00 bits per heavy atom. The van der Waals surface area contributed by atoms with Gasteiger partial charge in [-0.15, -0.1) is 0 Å². The molecule has 0 heterocycles. The molecule has 0 radical (unpaired) electrons. The molecule has 0 saturated heterocycles. The second-order valence-corrected chi connectivity index (χ2v) is 5.39. The topological polar surface area (TPSA) is 12.0 Å². The van der Waals surface area contributed by atoms with Crippen LogP contribution in [0.5, 0.6) is 0 Å². The lowest BCUT2D eigenvalue weighted by molar-refractivity contribution is 0.648. The van der Waals surface area contributed by atoms with Crippen LogP contribution in [0.1, 0.15) is 36.6 Å². The average Bonchev–Trinajstić information content (AvgIpc) is 2.45. The highest BCUT2D eigenvalue weighted by atomic mass is 14.9. The molecule has 0 fully saturated rings. The second kappa shape index (κ2) is 7.06. The van der Waals surface area contributed by atoms with E-state index in [2.05, 4.69) is 86.8 Å². The third-order valence-corrected chi connectivity index (χ3v) is 3.46. The number of hydrogen-bond donors (Lipinski definition) is 1. The molecule has 0 aromatic heterocycles. The summed E-state index contributed by atoms with van der Waals surface area (Å²) in [6.45, 7) is 7.32. The lowest BCUT2D eigenvalue weighted by Crippen LogP contribution is -2.23. The van der Waals surface area contributed by atoms with Gasteiger partial charge in [0.25, 0.3) is 0 Å². The minimum absolute atomic E-state index is 0.244. The first kappa shape index (κ1) is 14.5. The van der Waals surface area contributed by atoms with Crippen molar-refractivity contribution in [2.75, 3.05) is 6.54 Å². The normalized spacial score (nSPS) is 11.9. The zero-order valence-electron chi connectivity index (χ0n) is 12.6. The summed E-state index contributed by atoms with van der Waals surface area (Å²) in [5.41, 5.74) is 5.32. The molecule has 0 bridgehead atoms. The maximum Gasteiger partial charge on any atom is 0.0581 e. The SMILES string of the molecule is CC(C)=CCNC(c1ccccc1)c1ccccc1C. The van der Waals surface area contributed by atoms with Gasteiger partial charge in [-0.1, -0.05) is 66.2 Å². The summed E-state index contributed by atoms with van der Waals surface area (Å²) in [6, 6.07) is 19.5. The van der Waals surface area contributed by atoms with Gasteiger partial charge < -0.3 is 5.32 Å². The molecule has 20 heavy (non-hydrogen) atoms. The van der Waals surface area contributed by atoms with Crippen LogP contribution < -0.4 is 5.32 Å². The van der Waals surface area contributed by atoms with Crippen molar-refractivity contribution in [3.05, 3.63) is 82.9 Å². The summed E-state index contributed by atoms with van der Waals surface area (Å²) in [6.07, 6.45) is 2.23. The van der Waals surface area contributed by atoms with Crippen LogP contribution in [0.4, 0.5) is 0 Å². The second-order valence-electron chi connectivity index (χ2n) is 5.39. The fourth-order valence-electron chi connectivity index (χ4n) is 2.34. The molecule has 0 aliphatic carbocycles. The maximum absolute atomic E-state index is 3.65. The van der Waals surface area contributed by atoms with Crippen LogP contribution in [0.15, 0.2) is 66.2 Å². The molecule has 0 aliphatic heterocycles. The zero-order chi connectivity index (χ0) is 14.4. The quantitative estimate of drug-likeness (QED) is 0.777. The highest BCUT2D eigenvalue weighted by molar-refractivity contribution is 5.36. The number of aryl methyl sites for hydroxylation is 1. The molecule has 1 N–H and O–H groups in total. The van der Waals surface area contributed by atoms with Crippen LogP contribution in [0, 0.1) is 6.92 Å². The summed E-state index contributed by atoms with van der Waals surface area (Å²) in [5.74, 6) is 0. The highest BCUT2D eigenvalue weighted by Gasteiger charge is 2.14. The van der Waals surface area contributed by atoms with Crippen molar-refractivity contribution in [3.8, 4) is 0 Å². The van der Waals surface area contributed by atoms with Crippen molar-refractivity contribution in [3.63, 3.8) is 0 Å². The van der Waals surface area contributed by atoms with Crippen LogP contribution >= 0.6 is 0 Å². The van der Waals surface area contributed by atoms with E-state index in [9.17, 15) is 0 Å². The average molecular weight is 265 g/mol. The van der Waals surface area contributed by atoms with E-state index >= 15 is 0 Å². The summed E-state index contributed by atoms with van der Waals surface area (Å²) in [5, 5.41) is 3.65. The first-order valence-electron chi connectivity index (χ1n) is 7.15. The van der Waals surface area contributed by atoms with Crippen LogP contribution in [-0.2, 0) is 0 Å². The number of nitrogens with one attached hydrogen (secondary N) is 1. The standard InChI is InChI=1S/C19H23N/c1-15(2)13-14-20-19(17-10-5-4-6-11-17)18-12-8-7-9-16(18)3/h4-13,19-20H,14H2,1-3H3. The van der Waals surface area contributed by atoms with Gasteiger partial charge in [-0.05, 0) is 37.5 Å². The molecule has 2 rings (SSSR count). The Hall–Kier alpha value is -1.86. The molecule has 1 nitrogen and oxygen atoms in total. The fourth-order valence-corrected chi connectivity index (χ4v) is 2.34. The van der Waals surface area contributed by atoms with Gasteiger partial charge in [-0.25, -0.2) is 0 Å². The van der Waals surface area contributed by atoms with Gasteiger partial charge in [0.1, 0.15) is 0 Å². The molecular formula is C19H23N. The van der Waals surface area contributed by atoms with E-state index in [0.29, 0.717) is 0 Å². The first-order valence-corrected chi connectivity index (χ1v) is 7.15. The minimum atomic E-state index is 0.244. The number of benzene rings is 2. The van der Waals surface area contributed by atoms with Gasteiger partial charge in [0.05, 0.1) is 6.04 Å². The van der Waals surface area contributed by atoms with Crippen LogP contribution in [0.25, 0.3) is 0 Å². The highest BCUT2D eigenvalue weighted by Crippen LogP contribution is 2.24. The minimum Gasteiger partial charge on any atom is -0.303 e. The van der Waals surface area contributed by atoms with E-state index in [-0.39, 0.29) is 6.04 Å². The van der Waals surface area contributed by atoms with E-state index in [1.807, 2.05) is 0 Å². The first-order chi connectivity index (χ1) is 9.68. The molecule has 104 valence electrons. The molecular weight excluding hydrogens is 242 g/mol. The fraction of sp³-hybridized carbons (Fsp3) is 0.263. The Balaban J connectivity index is 2.30. The molecule has 1 atom stereocenters. The molecule has 0 saturated carbocycles. The van der Waals surface area contributed by atoms with Crippen molar-refractivity contribution in [2.45, 2.75) is 26.8 Å². The van der Waals surface area contributed by atoms with Crippen molar-refractivity contribution in [1.29, 1.82) is 0 Å². The van der Waals surface area contributed by atoms with Gasteiger partial charge in [-0.2, -0.15) is 0 Å².